The molecular weight excluding hydrogens is 417 g/mol. The number of rotatable bonds is 8. The molecule has 0 bridgehead atoms. The van der Waals surface area contributed by atoms with E-state index in [-0.39, 0.29) is 25.2 Å². The van der Waals surface area contributed by atoms with E-state index in [4.69, 9.17) is 6.42 Å². The molecule has 0 radical (unpaired) electrons. The summed E-state index contributed by atoms with van der Waals surface area (Å²) in [6.45, 7) is -0.413. The Morgan fingerprint density at radius 3 is 2.52 bits per heavy atom. The van der Waals surface area contributed by atoms with Crippen molar-refractivity contribution < 1.29 is 27.7 Å². The molecule has 2 rings (SSSR count). The zero-order valence-corrected chi connectivity index (χ0v) is 16.0. The van der Waals surface area contributed by atoms with Gasteiger partial charge in [0.1, 0.15) is 5.69 Å². The Kier molecular flexibility index (Phi) is 7.57. The maximum atomic E-state index is 12.7. The minimum absolute atomic E-state index is 0.0934. The summed E-state index contributed by atoms with van der Waals surface area (Å²) in [5.41, 5.74) is -1.03. The van der Waals surface area contributed by atoms with Gasteiger partial charge in [-0.2, -0.15) is 13.2 Å². The molecule has 2 amide bonds. The second-order valence-electron chi connectivity index (χ2n) is 6.21. The third-order valence-corrected chi connectivity index (χ3v) is 3.95. The minimum atomic E-state index is -4.72. The number of nitro groups is 1. The zero-order valence-electron chi connectivity index (χ0n) is 16.0. The summed E-state index contributed by atoms with van der Waals surface area (Å²) in [5, 5.41) is 18.5. The molecule has 0 spiro atoms. The van der Waals surface area contributed by atoms with E-state index in [0.717, 1.165) is 6.07 Å². The zero-order chi connectivity index (χ0) is 23.0. The summed E-state index contributed by atoms with van der Waals surface area (Å²) >= 11 is 0. The highest BCUT2D eigenvalue weighted by Crippen LogP contribution is 2.34. The Balaban J connectivity index is 1.83. The van der Waals surface area contributed by atoms with Crippen molar-refractivity contribution in [3.8, 4) is 12.3 Å². The predicted octanol–water partition coefficient (Wildman–Crippen LogP) is 3.15. The van der Waals surface area contributed by atoms with Gasteiger partial charge in [-0.25, -0.2) is 0 Å². The largest absolute Gasteiger partial charge is 0.416 e. The molecule has 0 unspecified atom stereocenters. The number of nitrogens with one attached hydrogen (secondary N) is 3. The first-order valence-corrected chi connectivity index (χ1v) is 8.83. The van der Waals surface area contributed by atoms with Gasteiger partial charge in [0, 0.05) is 30.3 Å². The molecule has 31 heavy (non-hydrogen) atoms. The number of carbonyl (C=O) groups excluding carboxylic acids is 2. The number of halogens is 3. The van der Waals surface area contributed by atoms with Crippen molar-refractivity contribution in [1.29, 1.82) is 0 Å². The Hall–Kier alpha value is -4.07. The van der Waals surface area contributed by atoms with Gasteiger partial charge in [-0.05, 0) is 30.3 Å². The normalized spacial score (nSPS) is 10.6. The fourth-order valence-corrected chi connectivity index (χ4v) is 2.48. The van der Waals surface area contributed by atoms with Gasteiger partial charge in [0.05, 0.1) is 17.0 Å². The van der Waals surface area contributed by atoms with Gasteiger partial charge in [-0.1, -0.05) is 12.0 Å². The maximum Gasteiger partial charge on any atom is 0.416 e. The molecule has 0 fully saturated rings. The number of nitro benzene ring substituents is 1. The van der Waals surface area contributed by atoms with Crippen molar-refractivity contribution in [3.05, 3.63) is 63.7 Å². The van der Waals surface area contributed by atoms with Gasteiger partial charge >= 0.3 is 6.18 Å². The van der Waals surface area contributed by atoms with E-state index in [2.05, 4.69) is 21.9 Å². The van der Waals surface area contributed by atoms with Crippen molar-refractivity contribution in [2.45, 2.75) is 12.6 Å². The van der Waals surface area contributed by atoms with E-state index in [9.17, 15) is 32.9 Å². The molecule has 11 heteroatoms. The lowest BCUT2D eigenvalue weighted by Gasteiger charge is -2.11. The average molecular weight is 434 g/mol. The van der Waals surface area contributed by atoms with Gasteiger partial charge in [-0.3, -0.25) is 19.7 Å². The highest BCUT2D eigenvalue weighted by molar-refractivity contribution is 5.94. The van der Waals surface area contributed by atoms with Crippen molar-refractivity contribution >= 4 is 28.9 Å². The van der Waals surface area contributed by atoms with Crippen LogP contribution >= 0.6 is 0 Å². The number of alkyl halides is 3. The number of hydrogen-bond acceptors (Lipinski definition) is 5. The molecule has 3 N–H and O–H groups in total. The van der Waals surface area contributed by atoms with Crippen LogP contribution in [0.25, 0.3) is 0 Å². The number of anilines is 2. The first-order chi connectivity index (χ1) is 14.6. The molecule has 2 aromatic carbocycles. The van der Waals surface area contributed by atoms with Gasteiger partial charge in [-0.15, -0.1) is 6.42 Å². The molecule has 0 saturated carbocycles. The number of nitrogens with zero attached hydrogens (tertiary/aromatic N) is 1. The summed E-state index contributed by atoms with van der Waals surface area (Å²) in [6.07, 6.45) is 0.391. The van der Waals surface area contributed by atoms with E-state index in [1.807, 2.05) is 0 Å². The number of carbonyl (C=O) groups is 2. The summed E-state index contributed by atoms with van der Waals surface area (Å²) < 4.78 is 38.1. The molecule has 0 atom stereocenters. The monoisotopic (exact) mass is 434 g/mol. The number of amides is 2. The molecule has 0 heterocycles. The minimum Gasteiger partial charge on any atom is -0.379 e. The van der Waals surface area contributed by atoms with Crippen LogP contribution in [0.4, 0.5) is 30.2 Å². The van der Waals surface area contributed by atoms with E-state index in [1.165, 1.54) is 0 Å². The smallest absolute Gasteiger partial charge is 0.379 e. The summed E-state index contributed by atoms with van der Waals surface area (Å²) in [5.74, 6) is 1.40. The maximum absolute atomic E-state index is 12.7. The number of benzene rings is 2. The van der Waals surface area contributed by atoms with Crippen LogP contribution in [0.3, 0.4) is 0 Å². The molecular formula is C20H17F3N4O4. The lowest BCUT2D eigenvalue weighted by molar-refractivity contribution is -0.384. The van der Waals surface area contributed by atoms with Gasteiger partial charge in [0.25, 0.3) is 5.69 Å². The van der Waals surface area contributed by atoms with E-state index in [0.29, 0.717) is 23.4 Å². The van der Waals surface area contributed by atoms with Crippen molar-refractivity contribution in [3.63, 3.8) is 0 Å². The summed E-state index contributed by atoms with van der Waals surface area (Å²) in [7, 11) is 0. The Morgan fingerprint density at radius 1 is 1.13 bits per heavy atom. The number of terminal acetylenes is 1. The molecule has 0 aliphatic rings. The second-order valence-corrected chi connectivity index (χ2v) is 6.21. The molecule has 8 nitrogen and oxygen atoms in total. The molecule has 0 aromatic heterocycles. The fourth-order valence-electron chi connectivity index (χ4n) is 2.48. The van der Waals surface area contributed by atoms with Crippen LogP contribution in [-0.4, -0.2) is 29.8 Å². The quantitative estimate of drug-likeness (QED) is 0.336. The van der Waals surface area contributed by atoms with Gasteiger partial charge < -0.3 is 16.0 Å². The topological polar surface area (TPSA) is 113 Å². The van der Waals surface area contributed by atoms with Crippen LogP contribution in [0.1, 0.15) is 17.5 Å². The average Bonchev–Trinajstić information content (AvgIpc) is 2.71. The van der Waals surface area contributed by atoms with Crippen molar-refractivity contribution in [1.82, 2.24) is 5.32 Å². The SMILES string of the molecule is C#Cc1cccc(NC(=O)CNC(=O)CCNc2ccc(C(F)(F)F)cc2[N+](=O)[O-])c1. The van der Waals surface area contributed by atoms with Crippen LogP contribution in [0, 0.1) is 22.5 Å². The molecule has 0 aliphatic carbocycles. The molecule has 0 saturated heterocycles. The van der Waals surface area contributed by atoms with Crippen molar-refractivity contribution in [2.75, 3.05) is 23.7 Å². The first kappa shape index (κ1) is 23.2. The fraction of sp³-hybridized carbons (Fsp3) is 0.200. The van der Waals surface area contributed by atoms with Crippen LogP contribution < -0.4 is 16.0 Å². The van der Waals surface area contributed by atoms with E-state index < -0.39 is 34.2 Å². The van der Waals surface area contributed by atoms with Crippen molar-refractivity contribution in [2.24, 2.45) is 0 Å². The lowest BCUT2D eigenvalue weighted by Crippen LogP contribution is -2.33. The van der Waals surface area contributed by atoms with Crippen LogP contribution in [0.15, 0.2) is 42.5 Å². The highest BCUT2D eigenvalue weighted by atomic mass is 19.4. The predicted molar refractivity (Wildman–Crippen MR) is 107 cm³/mol. The highest BCUT2D eigenvalue weighted by Gasteiger charge is 2.33. The first-order valence-electron chi connectivity index (χ1n) is 8.83. The molecule has 0 aliphatic heterocycles. The molecule has 162 valence electrons. The van der Waals surface area contributed by atoms with Crippen LogP contribution in [0.5, 0.6) is 0 Å². The van der Waals surface area contributed by atoms with E-state index >= 15 is 0 Å². The lowest BCUT2D eigenvalue weighted by atomic mass is 10.1. The Labute approximate surface area is 175 Å². The number of hydrogen-bond donors (Lipinski definition) is 3. The third kappa shape index (κ3) is 7.04. The van der Waals surface area contributed by atoms with Gasteiger partial charge in [0.2, 0.25) is 11.8 Å². The third-order valence-electron chi connectivity index (χ3n) is 3.95. The second kappa shape index (κ2) is 10.1. The Morgan fingerprint density at radius 2 is 1.87 bits per heavy atom. The standard InChI is InChI=1S/C20H17F3N4O4/c1-2-13-4-3-5-15(10-13)26-19(29)12-25-18(28)8-9-24-16-7-6-14(20(21,22)23)11-17(16)27(30)31/h1,3-7,10-11,24H,8-9,12H2,(H,25,28)(H,26,29). The van der Waals surface area contributed by atoms with E-state index in [1.54, 1.807) is 24.3 Å². The summed E-state index contributed by atoms with van der Waals surface area (Å²) in [6, 6.07) is 8.61. The Bertz CT molecular complexity index is 1030. The van der Waals surface area contributed by atoms with Gasteiger partial charge in [0.15, 0.2) is 0 Å². The van der Waals surface area contributed by atoms with Crippen LogP contribution in [-0.2, 0) is 15.8 Å². The van der Waals surface area contributed by atoms with Crippen LogP contribution in [0.2, 0.25) is 0 Å². The molecule has 2 aromatic rings. The summed E-state index contributed by atoms with van der Waals surface area (Å²) in [4.78, 5) is 33.8.